The lowest BCUT2D eigenvalue weighted by Gasteiger charge is -2.18. The third-order valence-corrected chi connectivity index (χ3v) is 5.41. The third kappa shape index (κ3) is 4.41. The van der Waals surface area contributed by atoms with Crippen LogP contribution in [0.3, 0.4) is 0 Å². The van der Waals surface area contributed by atoms with E-state index in [1.807, 2.05) is 25.1 Å². The summed E-state index contributed by atoms with van der Waals surface area (Å²) < 4.78 is 11.2. The van der Waals surface area contributed by atoms with Crippen molar-refractivity contribution in [3.63, 3.8) is 0 Å². The Hall–Kier alpha value is -3.06. The highest BCUT2D eigenvalue weighted by atomic mass is 16.6. The minimum absolute atomic E-state index is 0.0887. The molecule has 4 rings (SSSR count). The number of nitrogens with two attached hydrogens (primary N) is 1. The SMILES string of the molecule is CCOc1cc(CN2C[C@@H]3C(c4ccc(C)cc4)=NO[C@@H]3C2)ccc1OCC(N)=O. The normalized spacial score (nSPS) is 20.4. The lowest BCUT2D eigenvalue weighted by Crippen LogP contribution is -2.23. The van der Waals surface area contributed by atoms with Gasteiger partial charge in [0.1, 0.15) is 6.10 Å². The zero-order valence-corrected chi connectivity index (χ0v) is 17.3. The van der Waals surface area contributed by atoms with E-state index in [2.05, 4.69) is 41.2 Å². The van der Waals surface area contributed by atoms with Crippen molar-refractivity contribution >= 4 is 11.6 Å². The van der Waals surface area contributed by atoms with Crippen LogP contribution in [-0.4, -0.2) is 48.9 Å². The zero-order chi connectivity index (χ0) is 21.1. The second-order valence-electron chi connectivity index (χ2n) is 7.76. The number of rotatable bonds is 8. The molecule has 2 aromatic carbocycles. The number of benzene rings is 2. The smallest absolute Gasteiger partial charge is 0.255 e. The van der Waals surface area contributed by atoms with Gasteiger partial charge in [-0.2, -0.15) is 0 Å². The Kier molecular flexibility index (Phi) is 5.90. The number of nitrogens with zero attached hydrogens (tertiary/aromatic N) is 2. The highest BCUT2D eigenvalue weighted by Crippen LogP contribution is 2.33. The maximum atomic E-state index is 11.0. The highest BCUT2D eigenvalue weighted by Gasteiger charge is 2.42. The molecule has 0 bridgehead atoms. The van der Waals surface area contributed by atoms with Crippen molar-refractivity contribution in [1.82, 2.24) is 4.90 Å². The summed E-state index contributed by atoms with van der Waals surface area (Å²) >= 11 is 0. The molecule has 158 valence electrons. The molecule has 1 amide bonds. The van der Waals surface area contributed by atoms with Crippen LogP contribution in [0.2, 0.25) is 0 Å². The van der Waals surface area contributed by atoms with E-state index in [4.69, 9.17) is 20.0 Å². The van der Waals surface area contributed by atoms with Crippen molar-refractivity contribution in [3.8, 4) is 11.5 Å². The molecule has 1 fully saturated rings. The number of primary amides is 1. The fourth-order valence-electron chi connectivity index (χ4n) is 3.98. The average Bonchev–Trinajstić information content (AvgIpc) is 3.28. The molecule has 0 radical (unpaired) electrons. The Labute approximate surface area is 176 Å². The van der Waals surface area contributed by atoms with Crippen molar-refractivity contribution in [2.75, 3.05) is 26.3 Å². The van der Waals surface area contributed by atoms with Gasteiger partial charge in [-0.25, -0.2) is 0 Å². The van der Waals surface area contributed by atoms with E-state index in [1.165, 1.54) is 5.56 Å². The van der Waals surface area contributed by atoms with Gasteiger partial charge in [-0.15, -0.1) is 0 Å². The minimum Gasteiger partial charge on any atom is -0.490 e. The predicted molar refractivity (Wildman–Crippen MR) is 114 cm³/mol. The molecule has 7 nitrogen and oxygen atoms in total. The zero-order valence-electron chi connectivity index (χ0n) is 17.3. The molecule has 0 aromatic heterocycles. The van der Waals surface area contributed by atoms with Gasteiger partial charge in [-0.05, 0) is 37.1 Å². The number of carbonyl (C=O) groups is 1. The molecule has 0 spiro atoms. The minimum atomic E-state index is -0.517. The van der Waals surface area contributed by atoms with Crippen LogP contribution < -0.4 is 15.2 Å². The van der Waals surface area contributed by atoms with Crippen molar-refractivity contribution < 1.29 is 19.1 Å². The van der Waals surface area contributed by atoms with Gasteiger partial charge >= 0.3 is 0 Å². The average molecular weight is 409 g/mol. The lowest BCUT2D eigenvalue weighted by atomic mass is 9.94. The molecule has 7 heteroatoms. The van der Waals surface area contributed by atoms with Gasteiger partial charge in [0.25, 0.3) is 5.91 Å². The predicted octanol–water partition coefficient (Wildman–Crippen LogP) is 2.49. The van der Waals surface area contributed by atoms with Gasteiger partial charge in [0.05, 0.1) is 18.2 Å². The second-order valence-corrected chi connectivity index (χ2v) is 7.76. The van der Waals surface area contributed by atoms with Crippen molar-refractivity contribution in [1.29, 1.82) is 0 Å². The molecule has 0 unspecified atom stereocenters. The van der Waals surface area contributed by atoms with Crippen LogP contribution in [0.25, 0.3) is 0 Å². The van der Waals surface area contributed by atoms with E-state index in [0.717, 1.165) is 36.5 Å². The van der Waals surface area contributed by atoms with Crippen LogP contribution >= 0.6 is 0 Å². The number of oxime groups is 1. The Morgan fingerprint density at radius 3 is 2.70 bits per heavy atom. The van der Waals surface area contributed by atoms with Crippen molar-refractivity contribution in [3.05, 3.63) is 59.2 Å². The largest absolute Gasteiger partial charge is 0.490 e. The molecule has 2 aliphatic rings. The number of ether oxygens (including phenoxy) is 2. The summed E-state index contributed by atoms with van der Waals surface area (Å²) in [5.41, 5.74) is 9.68. The standard InChI is InChI=1S/C23H27N3O4/c1-3-28-20-10-16(6-9-19(20)29-14-22(24)27)11-26-12-18-21(13-26)30-25-23(18)17-7-4-15(2)5-8-17/h4-10,18,21H,3,11-14H2,1-2H3,(H2,24,27)/t18-,21+/m0/s1. The first-order valence-electron chi connectivity index (χ1n) is 10.2. The van der Waals surface area contributed by atoms with Gasteiger partial charge in [0.2, 0.25) is 0 Å². The quantitative estimate of drug-likeness (QED) is 0.724. The molecule has 2 aliphatic heterocycles. The number of hydrogen-bond acceptors (Lipinski definition) is 6. The molecule has 30 heavy (non-hydrogen) atoms. The molecule has 2 N–H and O–H groups in total. The maximum Gasteiger partial charge on any atom is 0.255 e. The fraction of sp³-hybridized carbons (Fsp3) is 0.391. The number of aryl methyl sites for hydroxylation is 1. The van der Waals surface area contributed by atoms with Gasteiger partial charge in [0, 0.05) is 19.6 Å². The van der Waals surface area contributed by atoms with Crippen molar-refractivity contribution in [2.45, 2.75) is 26.5 Å². The maximum absolute atomic E-state index is 11.0. The summed E-state index contributed by atoms with van der Waals surface area (Å²) in [6.45, 7) is 6.82. The molecule has 2 heterocycles. The fourth-order valence-corrected chi connectivity index (χ4v) is 3.98. The number of amides is 1. The van der Waals surface area contributed by atoms with Crippen molar-refractivity contribution in [2.24, 2.45) is 16.8 Å². The summed E-state index contributed by atoms with van der Waals surface area (Å²) in [5, 5.41) is 4.36. The first kappa shape index (κ1) is 20.2. The molecule has 0 aliphatic carbocycles. The van der Waals surface area contributed by atoms with Crippen LogP contribution in [0.15, 0.2) is 47.6 Å². The summed E-state index contributed by atoms with van der Waals surface area (Å²) in [5.74, 6) is 0.900. The van der Waals surface area contributed by atoms with Gasteiger partial charge in [-0.1, -0.05) is 41.1 Å². The Balaban J connectivity index is 1.43. The van der Waals surface area contributed by atoms with E-state index in [9.17, 15) is 4.79 Å². The first-order chi connectivity index (χ1) is 14.5. The Morgan fingerprint density at radius 1 is 1.17 bits per heavy atom. The van der Waals surface area contributed by atoms with Crippen LogP contribution in [0, 0.1) is 12.8 Å². The monoisotopic (exact) mass is 409 g/mol. The van der Waals surface area contributed by atoms with E-state index >= 15 is 0 Å². The Morgan fingerprint density at radius 2 is 1.97 bits per heavy atom. The van der Waals surface area contributed by atoms with Gasteiger partial charge in [-0.3, -0.25) is 9.69 Å². The highest BCUT2D eigenvalue weighted by molar-refractivity contribution is 6.03. The molecule has 2 atom stereocenters. The summed E-state index contributed by atoms with van der Waals surface area (Å²) in [6.07, 6.45) is 0.0887. The number of carbonyl (C=O) groups excluding carboxylic acids is 1. The summed E-state index contributed by atoms with van der Waals surface area (Å²) in [6, 6.07) is 14.2. The Bertz CT molecular complexity index is 942. The third-order valence-electron chi connectivity index (χ3n) is 5.41. The summed E-state index contributed by atoms with van der Waals surface area (Å²) in [4.78, 5) is 19.1. The van der Waals surface area contributed by atoms with Gasteiger partial charge < -0.3 is 20.0 Å². The molecule has 1 saturated heterocycles. The van der Waals surface area contributed by atoms with Crippen LogP contribution in [0.1, 0.15) is 23.6 Å². The molecular weight excluding hydrogens is 382 g/mol. The first-order valence-corrected chi connectivity index (χ1v) is 10.2. The summed E-state index contributed by atoms with van der Waals surface area (Å²) in [7, 11) is 0. The second kappa shape index (κ2) is 8.75. The molecule has 2 aromatic rings. The van der Waals surface area contributed by atoms with Crippen LogP contribution in [0.5, 0.6) is 11.5 Å². The van der Waals surface area contributed by atoms with Crippen LogP contribution in [-0.2, 0) is 16.2 Å². The number of fused-ring (bicyclic) bond motifs is 1. The molecular formula is C23H27N3O4. The number of likely N-dealkylation sites (tertiary alicyclic amines) is 1. The van der Waals surface area contributed by atoms with E-state index in [1.54, 1.807) is 0 Å². The number of hydrogen-bond donors (Lipinski definition) is 1. The van der Waals surface area contributed by atoms with E-state index in [0.29, 0.717) is 18.1 Å². The lowest BCUT2D eigenvalue weighted by molar-refractivity contribution is -0.119. The van der Waals surface area contributed by atoms with E-state index < -0.39 is 5.91 Å². The van der Waals surface area contributed by atoms with Gasteiger partial charge in [0.15, 0.2) is 18.1 Å². The topological polar surface area (TPSA) is 86.4 Å². The van der Waals surface area contributed by atoms with E-state index in [-0.39, 0.29) is 18.6 Å². The van der Waals surface area contributed by atoms with Crippen LogP contribution in [0.4, 0.5) is 0 Å². The molecule has 0 saturated carbocycles.